The molecule has 1 aromatic heterocycles. The summed E-state index contributed by atoms with van der Waals surface area (Å²) in [6.07, 6.45) is 0. The average molecular weight is 285 g/mol. The summed E-state index contributed by atoms with van der Waals surface area (Å²) in [5.74, 6) is 0.894. The molecule has 0 unspecified atom stereocenters. The molecule has 1 heterocycles. The highest BCUT2D eigenvalue weighted by molar-refractivity contribution is 5.83. The second-order valence-corrected chi connectivity index (χ2v) is 5.25. The van der Waals surface area contributed by atoms with Crippen LogP contribution in [0.1, 0.15) is 0 Å². The first kappa shape index (κ1) is 12.7. The summed E-state index contributed by atoms with van der Waals surface area (Å²) >= 11 is 0. The van der Waals surface area contributed by atoms with E-state index < -0.39 is 0 Å². The molecule has 0 N–H and O–H groups in total. The molecule has 2 heteroatoms. The minimum Gasteiger partial charge on any atom is -0.456 e. The van der Waals surface area contributed by atoms with Crippen LogP contribution in [-0.2, 0) is 5.11 Å². The molecule has 0 bridgehead atoms. The highest BCUT2D eigenvalue weighted by Gasteiger charge is 2.06. The molecule has 0 spiro atoms. The van der Waals surface area contributed by atoms with Gasteiger partial charge in [-0.15, -0.1) is 0 Å². The number of hydrogen-bond donors (Lipinski definition) is 0. The molecule has 0 atom stereocenters. The van der Waals surface area contributed by atoms with Gasteiger partial charge in [-0.25, -0.2) is 0 Å². The lowest BCUT2D eigenvalue weighted by molar-refractivity contribution is 0.355. The molecule has 2 nitrogen and oxygen atoms in total. The molecule has 1 radical (unpaired) electrons. The van der Waals surface area contributed by atoms with E-state index >= 15 is 0 Å². The van der Waals surface area contributed by atoms with Crippen LogP contribution in [0.3, 0.4) is 0 Å². The molecule has 22 heavy (non-hydrogen) atoms. The van der Waals surface area contributed by atoms with Gasteiger partial charge in [0.05, 0.1) is 0 Å². The summed E-state index contributed by atoms with van der Waals surface area (Å²) in [5.41, 5.74) is 4.06. The van der Waals surface area contributed by atoms with Crippen molar-refractivity contribution in [2.45, 2.75) is 0 Å². The fourth-order valence-corrected chi connectivity index (χ4v) is 2.60. The highest BCUT2D eigenvalue weighted by Crippen LogP contribution is 2.30. The second kappa shape index (κ2) is 5.08. The molecule has 0 saturated carbocycles. The van der Waals surface area contributed by atoms with Crippen molar-refractivity contribution in [2.24, 2.45) is 0 Å². The van der Waals surface area contributed by atoms with E-state index in [2.05, 4.69) is 6.07 Å². The van der Waals surface area contributed by atoms with E-state index in [1.54, 1.807) is 12.1 Å². The Bertz CT molecular complexity index is 883. The molecule has 0 aliphatic rings. The molecule has 0 aliphatic carbocycles. The summed E-state index contributed by atoms with van der Waals surface area (Å²) in [6, 6.07) is 25.1. The van der Waals surface area contributed by atoms with Crippen LogP contribution in [0.2, 0.25) is 0 Å². The zero-order chi connectivity index (χ0) is 14.9. The molecule has 0 fully saturated rings. The number of furan rings is 1. The molecule has 0 saturated heterocycles. The second-order valence-electron chi connectivity index (χ2n) is 5.25. The molecule has 0 aliphatic heterocycles. The molecule has 4 rings (SSSR count). The molecular formula is C20H13O2. The van der Waals surface area contributed by atoms with Crippen LogP contribution >= 0.6 is 0 Å². The smallest absolute Gasteiger partial charge is 0.178 e. The maximum atomic E-state index is 11.2. The molecule has 3 aromatic carbocycles. The first-order valence-corrected chi connectivity index (χ1v) is 7.16. The Morgan fingerprint density at radius 3 is 1.91 bits per heavy atom. The van der Waals surface area contributed by atoms with Crippen LogP contribution in [0.15, 0.2) is 83.3 Å². The minimum absolute atomic E-state index is 0.0302. The lowest BCUT2D eigenvalue weighted by Gasteiger charge is -2.03. The van der Waals surface area contributed by atoms with E-state index in [1.165, 1.54) is 0 Å². The zero-order valence-electron chi connectivity index (χ0n) is 11.8. The molecule has 0 amide bonds. The molecule has 4 aromatic rings. The first-order valence-electron chi connectivity index (χ1n) is 7.16. The van der Waals surface area contributed by atoms with Crippen molar-refractivity contribution in [2.75, 3.05) is 0 Å². The minimum atomic E-state index is 0.0302. The van der Waals surface area contributed by atoms with Crippen molar-refractivity contribution < 1.29 is 9.52 Å². The van der Waals surface area contributed by atoms with Gasteiger partial charge in [0.25, 0.3) is 0 Å². The first-order chi connectivity index (χ1) is 10.8. The Labute approximate surface area is 128 Å². The number of fused-ring (bicyclic) bond motifs is 1. The summed E-state index contributed by atoms with van der Waals surface area (Å²) in [4.78, 5) is 0. The van der Waals surface area contributed by atoms with Gasteiger partial charge in [0.1, 0.15) is 11.3 Å². The number of benzene rings is 3. The quantitative estimate of drug-likeness (QED) is 0.450. The van der Waals surface area contributed by atoms with Crippen molar-refractivity contribution in [3.05, 3.63) is 78.9 Å². The normalized spacial score (nSPS) is 10.9. The third-order valence-electron chi connectivity index (χ3n) is 3.78. The van der Waals surface area contributed by atoms with Crippen LogP contribution in [0.5, 0.6) is 5.75 Å². The lowest BCUT2D eigenvalue weighted by atomic mass is 10.0. The van der Waals surface area contributed by atoms with Gasteiger partial charge in [-0.3, -0.25) is 5.11 Å². The highest BCUT2D eigenvalue weighted by atomic mass is 16.3. The summed E-state index contributed by atoms with van der Waals surface area (Å²) in [6.45, 7) is 0. The monoisotopic (exact) mass is 285 g/mol. The van der Waals surface area contributed by atoms with Gasteiger partial charge in [0.15, 0.2) is 5.75 Å². The van der Waals surface area contributed by atoms with Gasteiger partial charge < -0.3 is 4.42 Å². The van der Waals surface area contributed by atoms with Crippen LogP contribution in [0, 0.1) is 0 Å². The summed E-state index contributed by atoms with van der Waals surface area (Å²) in [5, 5.41) is 12.3. The van der Waals surface area contributed by atoms with Crippen LogP contribution in [-0.4, -0.2) is 0 Å². The van der Waals surface area contributed by atoms with Crippen LogP contribution in [0.25, 0.3) is 33.4 Å². The molecular weight excluding hydrogens is 272 g/mol. The molecule has 105 valence electrons. The Hall–Kier alpha value is -3.00. The number of para-hydroxylation sites is 1. The number of rotatable bonds is 2. The van der Waals surface area contributed by atoms with E-state index in [0.717, 1.165) is 33.4 Å². The number of hydrogen-bond acceptors (Lipinski definition) is 1. The van der Waals surface area contributed by atoms with Crippen molar-refractivity contribution in [3.63, 3.8) is 0 Å². The average Bonchev–Trinajstić information content (AvgIpc) is 3.00. The van der Waals surface area contributed by atoms with E-state index in [9.17, 15) is 5.11 Å². The Kier molecular flexibility index (Phi) is 2.94. The topological polar surface area (TPSA) is 33.0 Å². The van der Waals surface area contributed by atoms with Crippen LogP contribution in [0.4, 0.5) is 0 Å². The fourth-order valence-electron chi connectivity index (χ4n) is 2.60. The fraction of sp³-hybridized carbons (Fsp3) is 0. The van der Waals surface area contributed by atoms with Gasteiger partial charge >= 0.3 is 0 Å². The van der Waals surface area contributed by atoms with Gasteiger partial charge in [-0.05, 0) is 35.4 Å². The van der Waals surface area contributed by atoms with Crippen molar-refractivity contribution in [3.8, 4) is 28.2 Å². The largest absolute Gasteiger partial charge is 0.456 e. The van der Waals surface area contributed by atoms with Crippen LogP contribution < -0.4 is 0 Å². The van der Waals surface area contributed by atoms with Gasteiger partial charge in [-0.1, -0.05) is 54.6 Å². The van der Waals surface area contributed by atoms with Gasteiger partial charge in [0, 0.05) is 10.9 Å². The van der Waals surface area contributed by atoms with E-state index in [-0.39, 0.29) is 5.75 Å². The maximum Gasteiger partial charge on any atom is 0.178 e. The predicted molar refractivity (Wildman–Crippen MR) is 87.2 cm³/mol. The predicted octanol–water partition coefficient (Wildman–Crippen LogP) is 5.91. The van der Waals surface area contributed by atoms with Crippen molar-refractivity contribution in [1.29, 1.82) is 0 Å². The standard InChI is InChI=1S/C20H13O2/c21-18-11-9-15(10-12-18)14-5-7-16(8-6-14)20-13-17-3-1-2-4-19(17)22-20/h1-13H. The van der Waals surface area contributed by atoms with Gasteiger partial charge in [-0.2, -0.15) is 0 Å². The SMILES string of the molecule is [O]c1ccc(-c2ccc(-c3cc4ccccc4o3)cc2)cc1. The lowest BCUT2D eigenvalue weighted by Crippen LogP contribution is -1.78. The Morgan fingerprint density at radius 1 is 0.636 bits per heavy atom. The van der Waals surface area contributed by atoms with E-state index in [4.69, 9.17) is 4.42 Å². The summed E-state index contributed by atoms with van der Waals surface area (Å²) in [7, 11) is 0. The van der Waals surface area contributed by atoms with E-state index in [0.29, 0.717) is 0 Å². The van der Waals surface area contributed by atoms with Crippen molar-refractivity contribution >= 4 is 11.0 Å². The third kappa shape index (κ3) is 2.25. The Morgan fingerprint density at radius 2 is 1.23 bits per heavy atom. The van der Waals surface area contributed by atoms with Gasteiger partial charge in [0.2, 0.25) is 0 Å². The summed E-state index contributed by atoms with van der Waals surface area (Å²) < 4.78 is 5.87. The van der Waals surface area contributed by atoms with E-state index in [1.807, 2.05) is 60.7 Å². The Balaban J connectivity index is 1.70. The third-order valence-corrected chi connectivity index (χ3v) is 3.78. The maximum absolute atomic E-state index is 11.2. The zero-order valence-corrected chi connectivity index (χ0v) is 11.8. The van der Waals surface area contributed by atoms with Crippen molar-refractivity contribution in [1.82, 2.24) is 0 Å².